The largest absolute Gasteiger partial charge is 0.469 e. The molecule has 0 aromatic carbocycles. The van der Waals surface area contributed by atoms with Gasteiger partial charge in [0, 0.05) is 25.2 Å². The molecule has 0 bridgehead atoms. The van der Waals surface area contributed by atoms with E-state index in [1.54, 1.807) is 0 Å². The second-order valence-electron chi connectivity index (χ2n) is 8.40. The van der Waals surface area contributed by atoms with Gasteiger partial charge in [0.1, 0.15) is 6.17 Å². The van der Waals surface area contributed by atoms with Gasteiger partial charge in [0.15, 0.2) is 0 Å². The van der Waals surface area contributed by atoms with Crippen molar-refractivity contribution in [3.8, 4) is 0 Å². The molecule has 3 saturated heterocycles. The highest BCUT2D eigenvalue weighted by Gasteiger charge is 2.42. The summed E-state index contributed by atoms with van der Waals surface area (Å²) >= 11 is 0. The number of aliphatic hydroxyl groups excluding tert-OH is 1. The molecule has 3 aliphatic rings. The minimum Gasteiger partial charge on any atom is -0.469 e. The zero-order chi connectivity index (χ0) is 18.7. The average molecular weight is 371 g/mol. The van der Waals surface area contributed by atoms with Gasteiger partial charge in [0.2, 0.25) is 0 Å². The number of halogens is 1. The van der Waals surface area contributed by atoms with Gasteiger partial charge in [-0.05, 0) is 70.1 Å². The van der Waals surface area contributed by atoms with Crippen molar-refractivity contribution in [3.63, 3.8) is 0 Å². The number of nitrogens with zero attached hydrogens (tertiary/aromatic N) is 1. The number of piperidine rings is 3. The first-order valence-electron chi connectivity index (χ1n) is 10.0. The molecule has 7 unspecified atom stereocenters. The van der Waals surface area contributed by atoms with Crippen LogP contribution >= 0.6 is 0 Å². The molecule has 7 heteroatoms. The average Bonchev–Trinajstić information content (AvgIpc) is 2.67. The maximum atomic E-state index is 13.8. The number of hydrogen-bond acceptors (Lipinski definition) is 6. The van der Waals surface area contributed by atoms with Crippen molar-refractivity contribution in [2.75, 3.05) is 46.9 Å². The minimum absolute atomic E-state index is 0.0388. The Kier molecular flexibility index (Phi) is 6.88. The van der Waals surface area contributed by atoms with E-state index in [2.05, 4.69) is 22.6 Å². The quantitative estimate of drug-likeness (QED) is 0.622. The standard InChI is InChI=1S/C19H34FN3O3/c1-23-4-3-12(19(25)26-2)7-18(23)17-6-14(11-24)16(10-22-17)13-5-15(20)9-21-8-13/h12-18,21-22,24H,3-11H2,1-2H3. The zero-order valence-corrected chi connectivity index (χ0v) is 16.0. The van der Waals surface area contributed by atoms with Crippen LogP contribution in [0.5, 0.6) is 0 Å². The molecule has 0 aliphatic carbocycles. The van der Waals surface area contributed by atoms with Crippen LogP contribution in [0.1, 0.15) is 25.7 Å². The number of likely N-dealkylation sites (tertiary alicyclic amines) is 1. The van der Waals surface area contributed by atoms with Crippen LogP contribution in [0.15, 0.2) is 0 Å². The van der Waals surface area contributed by atoms with Crippen molar-refractivity contribution >= 4 is 5.97 Å². The summed E-state index contributed by atoms with van der Waals surface area (Å²) < 4.78 is 18.7. The van der Waals surface area contributed by atoms with Gasteiger partial charge in [-0.1, -0.05) is 0 Å². The third-order valence-corrected chi connectivity index (χ3v) is 6.87. The lowest BCUT2D eigenvalue weighted by Crippen LogP contribution is -2.59. The molecule has 7 atom stereocenters. The van der Waals surface area contributed by atoms with Gasteiger partial charge in [-0.3, -0.25) is 4.79 Å². The Morgan fingerprint density at radius 2 is 2.08 bits per heavy atom. The molecule has 3 aliphatic heterocycles. The predicted octanol–water partition coefficient (Wildman–Crippen LogP) is 0.404. The predicted molar refractivity (Wildman–Crippen MR) is 97.5 cm³/mol. The van der Waals surface area contributed by atoms with E-state index >= 15 is 0 Å². The third kappa shape index (κ3) is 4.38. The first-order valence-corrected chi connectivity index (χ1v) is 10.0. The molecule has 0 amide bonds. The fraction of sp³-hybridized carbons (Fsp3) is 0.947. The molecule has 0 radical (unpaired) electrons. The van der Waals surface area contributed by atoms with Gasteiger partial charge in [-0.2, -0.15) is 0 Å². The number of esters is 1. The maximum Gasteiger partial charge on any atom is 0.308 e. The van der Waals surface area contributed by atoms with E-state index in [1.165, 1.54) is 7.11 Å². The monoisotopic (exact) mass is 371 g/mol. The van der Waals surface area contributed by atoms with E-state index in [-0.39, 0.29) is 42.4 Å². The lowest BCUT2D eigenvalue weighted by molar-refractivity contribution is -0.148. The minimum atomic E-state index is -0.781. The van der Waals surface area contributed by atoms with Crippen molar-refractivity contribution < 1.29 is 19.0 Å². The van der Waals surface area contributed by atoms with Crippen molar-refractivity contribution in [3.05, 3.63) is 0 Å². The van der Waals surface area contributed by atoms with Crippen LogP contribution in [-0.4, -0.2) is 81.2 Å². The highest BCUT2D eigenvalue weighted by Crippen LogP contribution is 2.36. The Morgan fingerprint density at radius 1 is 1.27 bits per heavy atom. The summed E-state index contributed by atoms with van der Waals surface area (Å²) in [5.41, 5.74) is 0. The Labute approximate surface area is 155 Å². The van der Waals surface area contributed by atoms with Crippen LogP contribution in [0.2, 0.25) is 0 Å². The summed E-state index contributed by atoms with van der Waals surface area (Å²) in [6.07, 6.45) is 2.31. The number of alkyl halides is 1. The Hall–Kier alpha value is -0.760. The molecule has 6 nitrogen and oxygen atoms in total. The number of aliphatic hydroxyl groups is 1. The number of rotatable bonds is 4. The topological polar surface area (TPSA) is 73.8 Å². The summed E-state index contributed by atoms with van der Waals surface area (Å²) in [6.45, 7) is 3.12. The second kappa shape index (κ2) is 8.95. The second-order valence-corrected chi connectivity index (χ2v) is 8.40. The number of carbonyl (C=O) groups excluding carboxylic acids is 1. The van der Waals surface area contributed by atoms with Gasteiger partial charge < -0.3 is 25.4 Å². The van der Waals surface area contributed by atoms with Crippen LogP contribution in [0.4, 0.5) is 4.39 Å². The molecule has 3 N–H and O–H groups in total. The van der Waals surface area contributed by atoms with E-state index in [1.807, 2.05) is 0 Å². The van der Waals surface area contributed by atoms with E-state index in [4.69, 9.17) is 4.74 Å². The molecule has 3 heterocycles. The van der Waals surface area contributed by atoms with E-state index in [0.29, 0.717) is 18.9 Å². The molecular formula is C19H34FN3O3. The molecule has 0 saturated carbocycles. The zero-order valence-electron chi connectivity index (χ0n) is 16.0. The first kappa shape index (κ1) is 20.0. The molecule has 0 spiro atoms. The van der Waals surface area contributed by atoms with Gasteiger partial charge in [0.25, 0.3) is 0 Å². The SMILES string of the molecule is COC(=O)C1CCN(C)C(C2CC(CO)C(C3CNCC(F)C3)CN2)C1. The molecule has 0 aromatic rings. The molecule has 3 rings (SSSR count). The molecule has 150 valence electrons. The number of likely N-dealkylation sites (N-methyl/N-ethyl adjacent to an activating group) is 1. The molecule has 0 aromatic heterocycles. The van der Waals surface area contributed by atoms with Crippen LogP contribution < -0.4 is 10.6 Å². The van der Waals surface area contributed by atoms with Crippen molar-refractivity contribution in [1.82, 2.24) is 15.5 Å². The van der Waals surface area contributed by atoms with E-state index in [0.717, 1.165) is 38.9 Å². The van der Waals surface area contributed by atoms with Crippen molar-refractivity contribution in [2.24, 2.45) is 23.7 Å². The summed E-state index contributed by atoms with van der Waals surface area (Å²) in [6, 6.07) is 0.514. The Morgan fingerprint density at radius 3 is 2.77 bits per heavy atom. The molecule has 3 fully saturated rings. The fourth-order valence-corrected chi connectivity index (χ4v) is 5.31. The molecular weight excluding hydrogens is 337 g/mol. The number of methoxy groups -OCH3 is 1. The van der Waals surface area contributed by atoms with Crippen molar-refractivity contribution in [1.29, 1.82) is 0 Å². The Balaban J connectivity index is 1.62. The molecule has 26 heavy (non-hydrogen) atoms. The lowest BCUT2D eigenvalue weighted by Gasteiger charge is -2.47. The summed E-state index contributed by atoms with van der Waals surface area (Å²) in [5.74, 6) is 0.606. The number of ether oxygens (including phenoxy) is 1. The maximum absolute atomic E-state index is 13.8. The highest BCUT2D eigenvalue weighted by molar-refractivity contribution is 5.72. The van der Waals surface area contributed by atoms with Gasteiger partial charge in [-0.25, -0.2) is 4.39 Å². The van der Waals surface area contributed by atoms with Crippen LogP contribution in [0, 0.1) is 23.7 Å². The number of hydrogen-bond donors (Lipinski definition) is 3. The summed E-state index contributed by atoms with van der Waals surface area (Å²) in [5, 5.41) is 16.8. The smallest absolute Gasteiger partial charge is 0.308 e. The van der Waals surface area contributed by atoms with Crippen LogP contribution in [0.3, 0.4) is 0 Å². The van der Waals surface area contributed by atoms with E-state index < -0.39 is 6.17 Å². The normalized spacial score (nSPS) is 42.4. The van der Waals surface area contributed by atoms with Gasteiger partial charge in [0.05, 0.1) is 13.0 Å². The van der Waals surface area contributed by atoms with E-state index in [9.17, 15) is 14.3 Å². The van der Waals surface area contributed by atoms with Crippen LogP contribution in [0.25, 0.3) is 0 Å². The fourth-order valence-electron chi connectivity index (χ4n) is 5.31. The van der Waals surface area contributed by atoms with Crippen LogP contribution in [-0.2, 0) is 9.53 Å². The van der Waals surface area contributed by atoms with Gasteiger partial charge >= 0.3 is 5.97 Å². The number of nitrogens with one attached hydrogen (secondary N) is 2. The first-order chi connectivity index (χ1) is 12.5. The van der Waals surface area contributed by atoms with Gasteiger partial charge in [-0.15, -0.1) is 0 Å². The van der Waals surface area contributed by atoms with Crippen molar-refractivity contribution in [2.45, 2.75) is 43.9 Å². The lowest BCUT2D eigenvalue weighted by atomic mass is 9.71. The summed E-state index contributed by atoms with van der Waals surface area (Å²) in [7, 11) is 3.57. The highest BCUT2D eigenvalue weighted by atomic mass is 19.1. The third-order valence-electron chi connectivity index (χ3n) is 6.87. The number of carbonyl (C=O) groups is 1. The summed E-state index contributed by atoms with van der Waals surface area (Å²) in [4.78, 5) is 14.3. The Bertz CT molecular complexity index is 481.